The molecule has 0 radical (unpaired) electrons. The SMILES string of the molecule is N#Cc1ncccc1Oc1ccc(Br)cc1[N+](=O)[O-]. The van der Waals surface area contributed by atoms with Gasteiger partial charge in [-0.15, -0.1) is 0 Å². The summed E-state index contributed by atoms with van der Waals surface area (Å²) in [5.41, 5.74) is -0.123. The molecule has 0 bridgehead atoms. The molecule has 1 aromatic carbocycles. The molecule has 1 heterocycles. The summed E-state index contributed by atoms with van der Waals surface area (Å²) < 4.78 is 5.97. The molecule has 6 nitrogen and oxygen atoms in total. The van der Waals surface area contributed by atoms with E-state index in [1.54, 1.807) is 12.1 Å². The first kappa shape index (κ1) is 13.0. The molecule has 1 aromatic heterocycles. The molecule has 0 atom stereocenters. The number of nitro benzene ring substituents is 1. The van der Waals surface area contributed by atoms with Gasteiger partial charge in [0, 0.05) is 16.7 Å². The number of halogens is 1. The van der Waals surface area contributed by atoms with E-state index in [1.807, 2.05) is 6.07 Å². The zero-order valence-electron chi connectivity index (χ0n) is 9.41. The number of nitrogens with zero attached hydrogens (tertiary/aromatic N) is 3. The summed E-state index contributed by atoms with van der Waals surface area (Å²) >= 11 is 3.15. The Bertz CT molecular complexity index is 682. The smallest absolute Gasteiger partial charge is 0.312 e. The van der Waals surface area contributed by atoms with Crippen molar-refractivity contribution in [3.05, 3.63) is 56.8 Å². The number of nitriles is 1. The number of benzene rings is 1. The fraction of sp³-hybridized carbons (Fsp3) is 0. The van der Waals surface area contributed by atoms with Gasteiger partial charge in [0.15, 0.2) is 11.4 Å². The van der Waals surface area contributed by atoms with Gasteiger partial charge in [-0.3, -0.25) is 10.1 Å². The Hall–Kier alpha value is -2.46. The lowest BCUT2D eigenvalue weighted by atomic mass is 10.3. The summed E-state index contributed by atoms with van der Waals surface area (Å²) in [7, 11) is 0. The Morgan fingerprint density at radius 2 is 2.16 bits per heavy atom. The molecule has 7 heteroatoms. The standard InChI is InChI=1S/C12H6BrN3O3/c13-8-3-4-12(10(6-8)16(17)18)19-11-2-1-5-15-9(11)7-14/h1-6H. The van der Waals surface area contributed by atoms with Crippen molar-refractivity contribution >= 4 is 21.6 Å². The predicted octanol–water partition coefficient (Wildman–Crippen LogP) is 3.42. The second kappa shape index (κ2) is 5.46. The lowest BCUT2D eigenvalue weighted by molar-refractivity contribution is -0.385. The van der Waals surface area contributed by atoms with E-state index >= 15 is 0 Å². The van der Waals surface area contributed by atoms with Gasteiger partial charge in [-0.2, -0.15) is 5.26 Å². The topological polar surface area (TPSA) is 89.0 Å². The maximum atomic E-state index is 10.9. The Balaban J connectivity index is 2.44. The number of hydrogen-bond acceptors (Lipinski definition) is 5. The van der Waals surface area contributed by atoms with Crippen LogP contribution in [0.25, 0.3) is 0 Å². The summed E-state index contributed by atoms with van der Waals surface area (Å²) in [5.74, 6) is 0.230. The average Bonchev–Trinajstić information content (AvgIpc) is 2.41. The van der Waals surface area contributed by atoms with Crippen LogP contribution in [0, 0.1) is 21.4 Å². The van der Waals surface area contributed by atoms with Gasteiger partial charge >= 0.3 is 5.69 Å². The first-order valence-corrected chi connectivity index (χ1v) is 5.88. The molecular weight excluding hydrogens is 314 g/mol. The number of aromatic nitrogens is 1. The highest BCUT2D eigenvalue weighted by molar-refractivity contribution is 9.10. The second-order valence-corrected chi connectivity index (χ2v) is 4.35. The van der Waals surface area contributed by atoms with Gasteiger partial charge in [0.2, 0.25) is 5.75 Å². The molecule has 0 aliphatic heterocycles. The lowest BCUT2D eigenvalue weighted by Crippen LogP contribution is -1.95. The van der Waals surface area contributed by atoms with Gasteiger partial charge in [0.25, 0.3) is 0 Å². The molecule has 2 rings (SSSR count). The molecule has 0 fully saturated rings. The molecule has 0 aliphatic rings. The van der Waals surface area contributed by atoms with E-state index < -0.39 is 4.92 Å². The minimum Gasteiger partial charge on any atom is -0.447 e. The van der Waals surface area contributed by atoms with Crippen molar-refractivity contribution in [3.8, 4) is 17.6 Å². The van der Waals surface area contributed by atoms with Crippen LogP contribution >= 0.6 is 15.9 Å². The summed E-state index contributed by atoms with van der Waals surface area (Å²) in [4.78, 5) is 14.2. The van der Waals surface area contributed by atoms with E-state index in [1.165, 1.54) is 24.4 Å². The van der Waals surface area contributed by atoms with Crippen molar-refractivity contribution < 1.29 is 9.66 Å². The van der Waals surface area contributed by atoms with Crippen molar-refractivity contribution in [1.82, 2.24) is 4.98 Å². The number of rotatable bonds is 3. The van der Waals surface area contributed by atoms with E-state index in [-0.39, 0.29) is 22.9 Å². The number of pyridine rings is 1. The first-order chi connectivity index (χ1) is 9.11. The molecule has 0 aliphatic carbocycles. The van der Waals surface area contributed by atoms with E-state index in [2.05, 4.69) is 20.9 Å². The van der Waals surface area contributed by atoms with Crippen LogP contribution in [-0.2, 0) is 0 Å². The molecule has 0 saturated carbocycles. The maximum Gasteiger partial charge on any atom is 0.312 e. The molecular formula is C12H6BrN3O3. The molecule has 94 valence electrons. The number of nitro groups is 1. The maximum absolute atomic E-state index is 10.9. The zero-order valence-corrected chi connectivity index (χ0v) is 11.0. The van der Waals surface area contributed by atoms with Crippen LogP contribution in [0.3, 0.4) is 0 Å². The third kappa shape index (κ3) is 2.86. The van der Waals surface area contributed by atoms with Gasteiger partial charge in [-0.05, 0) is 24.3 Å². The molecule has 0 amide bonds. The molecule has 19 heavy (non-hydrogen) atoms. The van der Waals surface area contributed by atoms with Crippen molar-refractivity contribution in [1.29, 1.82) is 5.26 Å². The van der Waals surface area contributed by atoms with Gasteiger partial charge in [-0.1, -0.05) is 15.9 Å². The van der Waals surface area contributed by atoms with Crippen LogP contribution in [0.5, 0.6) is 11.5 Å². The van der Waals surface area contributed by atoms with Crippen LogP contribution in [0.1, 0.15) is 5.69 Å². The predicted molar refractivity (Wildman–Crippen MR) is 69.8 cm³/mol. The van der Waals surface area contributed by atoms with Gasteiger partial charge < -0.3 is 4.74 Å². The van der Waals surface area contributed by atoms with Crippen molar-refractivity contribution in [2.45, 2.75) is 0 Å². The Kier molecular flexibility index (Phi) is 3.73. The molecule has 0 saturated heterocycles. The minimum absolute atomic E-state index is 0.0534. The molecule has 0 unspecified atom stereocenters. The molecule has 0 N–H and O–H groups in total. The number of hydrogen-bond donors (Lipinski definition) is 0. The summed E-state index contributed by atoms with van der Waals surface area (Å²) in [6.07, 6.45) is 1.45. The summed E-state index contributed by atoms with van der Waals surface area (Å²) in [5, 5.41) is 19.8. The molecule has 0 spiro atoms. The molecule has 2 aromatic rings. The van der Waals surface area contributed by atoms with Crippen molar-refractivity contribution in [3.63, 3.8) is 0 Å². The van der Waals surface area contributed by atoms with Crippen molar-refractivity contribution in [2.24, 2.45) is 0 Å². The van der Waals surface area contributed by atoms with Gasteiger partial charge in [-0.25, -0.2) is 4.98 Å². The van der Waals surface area contributed by atoms with Gasteiger partial charge in [0.05, 0.1) is 4.92 Å². The van der Waals surface area contributed by atoms with Crippen LogP contribution < -0.4 is 4.74 Å². The van der Waals surface area contributed by atoms with Crippen LogP contribution in [0.15, 0.2) is 41.0 Å². The van der Waals surface area contributed by atoms with E-state index in [0.717, 1.165) is 0 Å². The second-order valence-electron chi connectivity index (χ2n) is 3.43. The van der Waals surface area contributed by atoms with Gasteiger partial charge in [0.1, 0.15) is 6.07 Å². The Morgan fingerprint density at radius 3 is 2.84 bits per heavy atom. The van der Waals surface area contributed by atoms with Crippen molar-refractivity contribution in [2.75, 3.05) is 0 Å². The highest BCUT2D eigenvalue weighted by atomic mass is 79.9. The summed E-state index contributed by atoms with van der Waals surface area (Å²) in [6.45, 7) is 0. The lowest BCUT2D eigenvalue weighted by Gasteiger charge is -2.07. The fourth-order valence-electron chi connectivity index (χ4n) is 1.39. The van der Waals surface area contributed by atoms with Crippen LogP contribution in [0.2, 0.25) is 0 Å². The van der Waals surface area contributed by atoms with E-state index in [0.29, 0.717) is 4.47 Å². The Morgan fingerprint density at radius 1 is 1.37 bits per heavy atom. The minimum atomic E-state index is -0.553. The average molecular weight is 320 g/mol. The Labute approximate surface area is 116 Å². The highest BCUT2D eigenvalue weighted by Gasteiger charge is 2.17. The largest absolute Gasteiger partial charge is 0.447 e. The van der Waals surface area contributed by atoms with Crippen LogP contribution in [0.4, 0.5) is 5.69 Å². The summed E-state index contributed by atoms with van der Waals surface area (Å²) in [6, 6.07) is 9.37. The monoisotopic (exact) mass is 319 g/mol. The fourth-order valence-corrected chi connectivity index (χ4v) is 1.74. The first-order valence-electron chi connectivity index (χ1n) is 5.08. The van der Waals surface area contributed by atoms with Crippen LogP contribution in [-0.4, -0.2) is 9.91 Å². The zero-order chi connectivity index (χ0) is 13.8. The number of ether oxygens (including phenoxy) is 1. The third-order valence-electron chi connectivity index (χ3n) is 2.21. The third-order valence-corrected chi connectivity index (χ3v) is 2.71. The highest BCUT2D eigenvalue weighted by Crippen LogP contribution is 2.34. The van der Waals surface area contributed by atoms with E-state index in [9.17, 15) is 10.1 Å². The normalized spacial score (nSPS) is 9.68. The quantitative estimate of drug-likeness (QED) is 0.638. The van der Waals surface area contributed by atoms with E-state index in [4.69, 9.17) is 10.00 Å².